The van der Waals surface area contributed by atoms with Crippen LogP contribution >= 0.6 is 0 Å². The Kier molecular flexibility index (Phi) is 10.5. The van der Waals surface area contributed by atoms with Gasteiger partial charge in [0.15, 0.2) is 0 Å². The quantitative estimate of drug-likeness (QED) is 0.491. The fraction of sp³-hybridized carbons (Fsp3) is 0.615. The molecule has 36 heavy (non-hydrogen) atoms. The first-order valence-corrected chi connectivity index (χ1v) is 12.7. The van der Waals surface area contributed by atoms with Crippen LogP contribution in [-0.4, -0.2) is 79.6 Å². The topological polar surface area (TPSA) is 131 Å². The molecule has 0 saturated carbocycles. The summed E-state index contributed by atoms with van der Waals surface area (Å²) in [5.74, 6) is -0.638. The van der Waals surface area contributed by atoms with E-state index >= 15 is 0 Å². The van der Waals surface area contributed by atoms with Crippen molar-refractivity contribution in [1.29, 1.82) is 0 Å². The lowest BCUT2D eigenvalue weighted by Crippen LogP contribution is -2.49. The molecule has 0 radical (unpaired) electrons. The van der Waals surface area contributed by atoms with Gasteiger partial charge in [0.2, 0.25) is 11.8 Å². The van der Waals surface area contributed by atoms with Crippen LogP contribution in [0, 0.1) is 11.8 Å². The van der Waals surface area contributed by atoms with Gasteiger partial charge >= 0.3 is 12.1 Å². The van der Waals surface area contributed by atoms with Gasteiger partial charge in [0.25, 0.3) is 0 Å². The molecule has 2 aliphatic rings. The molecule has 3 N–H and O–H groups in total. The number of amides is 3. The van der Waals surface area contributed by atoms with Crippen molar-refractivity contribution in [2.45, 2.75) is 51.2 Å². The summed E-state index contributed by atoms with van der Waals surface area (Å²) in [5, 5.41) is 2.70. The van der Waals surface area contributed by atoms with Crippen LogP contribution in [0.4, 0.5) is 4.79 Å². The van der Waals surface area contributed by atoms with Gasteiger partial charge in [-0.25, -0.2) is 4.79 Å². The van der Waals surface area contributed by atoms with Crippen LogP contribution < -0.4 is 11.1 Å². The Morgan fingerprint density at radius 2 is 1.78 bits per heavy atom. The molecule has 0 spiro atoms. The van der Waals surface area contributed by atoms with Gasteiger partial charge in [-0.3, -0.25) is 14.4 Å². The van der Waals surface area contributed by atoms with Crippen LogP contribution in [0.15, 0.2) is 30.3 Å². The van der Waals surface area contributed by atoms with Gasteiger partial charge in [-0.15, -0.1) is 0 Å². The molecule has 1 aromatic carbocycles. The van der Waals surface area contributed by atoms with Gasteiger partial charge in [0, 0.05) is 39.1 Å². The number of nitrogens with zero attached hydrogens (tertiary/aromatic N) is 2. The summed E-state index contributed by atoms with van der Waals surface area (Å²) in [6.45, 7) is 2.56. The molecule has 198 valence electrons. The summed E-state index contributed by atoms with van der Waals surface area (Å²) in [4.78, 5) is 52.6. The average molecular weight is 503 g/mol. The Morgan fingerprint density at radius 1 is 1.06 bits per heavy atom. The van der Waals surface area contributed by atoms with Gasteiger partial charge in [-0.1, -0.05) is 30.3 Å². The van der Waals surface area contributed by atoms with Crippen LogP contribution in [0.1, 0.15) is 44.1 Å². The van der Waals surface area contributed by atoms with E-state index in [1.165, 1.54) is 7.11 Å². The number of hydrogen-bond donors (Lipinski definition) is 2. The fourth-order valence-electron chi connectivity index (χ4n) is 4.71. The van der Waals surface area contributed by atoms with Crippen molar-refractivity contribution in [3.8, 4) is 0 Å². The van der Waals surface area contributed by atoms with Gasteiger partial charge in [0.05, 0.1) is 13.0 Å². The number of benzene rings is 1. The molecule has 0 aliphatic carbocycles. The molecule has 2 atom stereocenters. The maximum absolute atomic E-state index is 12.8. The zero-order chi connectivity index (χ0) is 25.9. The van der Waals surface area contributed by atoms with Crippen molar-refractivity contribution >= 4 is 23.9 Å². The highest BCUT2D eigenvalue weighted by Gasteiger charge is 2.30. The number of piperidine rings is 2. The highest BCUT2D eigenvalue weighted by molar-refractivity contribution is 5.82. The molecule has 2 heterocycles. The largest absolute Gasteiger partial charge is 0.468 e. The Bertz CT molecular complexity index is 888. The van der Waals surface area contributed by atoms with Crippen LogP contribution in [-0.2, 0) is 30.5 Å². The number of carbonyl (C=O) groups excluding carboxylic acids is 4. The highest BCUT2D eigenvalue weighted by Crippen LogP contribution is 2.24. The average Bonchev–Trinajstić information content (AvgIpc) is 2.93. The minimum absolute atomic E-state index is 0.00838. The second-order valence-electron chi connectivity index (χ2n) is 9.56. The van der Waals surface area contributed by atoms with Crippen molar-refractivity contribution in [3.63, 3.8) is 0 Å². The van der Waals surface area contributed by atoms with E-state index < -0.39 is 12.0 Å². The Balaban J connectivity index is 1.34. The number of ether oxygens (including phenoxy) is 2. The lowest BCUT2D eigenvalue weighted by atomic mass is 9.91. The molecule has 1 unspecified atom stereocenters. The zero-order valence-electron chi connectivity index (χ0n) is 21.0. The van der Waals surface area contributed by atoms with Crippen molar-refractivity contribution in [2.75, 3.05) is 39.8 Å². The molecular formula is C26H38N4O6. The Hall–Kier alpha value is -3.14. The number of rotatable bonds is 9. The number of methoxy groups -OCH3 is 1. The lowest BCUT2D eigenvalue weighted by Gasteiger charge is -2.34. The van der Waals surface area contributed by atoms with E-state index in [4.69, 9.17) is 10.5 Å². The summed E-state index contributed by atoms with van der Waals surface area (Å²) in [6.07, 6.45) is 4.06. The number of carbonyl (C=O) groups is 4. The maximum atomic E-state index is 12.8. The first kappa shape index (κ1) is 27.4. The van der Waals surface area contributed by atoms with E-state index in [1.807, 2.05) is 30.3 Å². The normalized spacial score (nSPS) is 19.3. The molecule has 3 amide bonds. The fourth-order valence-corrected chi connectivity index (χ4v) is 4.71. The number of hydrogen-bond acceptors (Lipinski definition) is 7. The lowest BCUT2D eigenvalue weighted by molar-refractivity contribution is -0.142. The second kappa shape index (κ2) is 13.8. The summed E-state index contributed by atoms with van der Waals surface area (Å²) < 4.78 is 9.99. The number of esters is 1. The molecular weight excluding hydrogens is 464 g/mol. The van der Waals surface area contributed by atoms with Gasteiger partial charge in [0.1, 0.15) is 12.6 Å². The van der Waals surface area contributed by atoms with E-state index in [0.717, 1.165) is 31.2 Å². The molecule has 2 aliphatic heterocycles. The zero-order valence-corrected chi connectivity index (χ0v) is 21.0. The Morgan fingerprint density at radius 3 is 2.47 bits per heavy atom. The monoisotopic (exact) mass is 502 g/mol. The summed E-state index contributed by atoms with van der Waals surface area (Å²) >= 11 is 0. The van der Waals surface area contributed by atoms with E-state index in [0.29, 0.717) is 44.9 Å². The highest BCUT2D eigenvalue weighted by atomic mass is 16.6. The smallest absolute Gasteiger partial charge is 0.410 e. The SMILES string of the molecule is COC(=O)C(N)CNC(=O)[C@@H]1CCCN(C(=O)CCC2CCN(C(=O)OCc3ccccc3)CC2)C1. The van der Waals surface area contributed by atoms with E-state index in [1.54, 1.807) is 9.80 Å². The van der Waals surface area contributed by atoms with Crippen molar-refractivity contribution < 1.29 is 28.7 Å². The van der Waals surface area contributed by atoms with Crippen molar-refractivity contribution in [1.82, 2.24) is 15.1 Å². The molecule has 3 rings (SSSR count). The van der Waals surface area contributed by atoms with Gasteiger partial charge in [-0.2, -0.15) is 0 Å². The minimum atomic E-state index is -0.905. The Labute approximate surface area is 212 Å². The molecule has 0 bridgehead atoms. The summed E-state index contributed by atoms with van der Waals surface area (Å²) in [7, 11) is 1.25. The maximum Gasteiger partial charge on any atom is 0.410 e. The van der Waals surface area contributed by atoms with E-state index in [9.17, 15) is 19.2 Å². The molecule has 1 aromatic rings. The third kappa shape index (κ3) is 8.22. The number of likely N-dealkylation sites (tertiary alicyclic amines) is 2. The number of nitrogens with one attached hydrogen (secondary N) is 1. The molecule has 2 fully saturated rings. The van der Waals surface area contributed by atoms with Crippen LogP contribution in [0.5, 0.6) is 0 Å². The minimum Gasteiger partial charge on any atom is -0.468 e. The third-order valence-corrected chi connectivity index (χ3v) is 6.99. The van der Waals surface area contributed by atoms with Crippen LogP contribution in [0.3, 0.4) is 0 Å². The molecule has 10 heteroatoms. The van der Waals surface area contributed by atoms with Gasteiger partial charge < -0.3 is 30.3 Å². The second-order valence-corrected chi connectivity index (χ2v) is 9.56. The first-order valence-electron chi connectivity index (χ1n) is 12.7. The summed E-state index contributed by atoms with van der Waals surface area (Å²) in [5.41, 5.74) is 6.63. The summed E-state index contributed by atoms with van der Waals surface area (Å²) in [6, 6.07) is 8.70. The van der Waals surface area contributed by atoms with Crippen molar-refractivity contribution in [3.05, 3.63) is 35.9 Å². The molecule has 0 aromatic heterocycles. The van der Waals surface area contributed by atoms with Gasteiger partial charge in [-0.05, 0) is 43.6 Å². The predicted molar refractivity (Wildman–Crippen MR) is 132 cm³/mol. The first-order chi connectivity index (χ1) is 17.4. The standard InChI is InChI=1S/C26H38N4O6/c1-35-25(33)22(27)16-28-24(32)21-8-5-13-30(17-21)23(31)10-9-19-11-14-29(15-12-19)26(34)36-18-20-6-3-2-4-7-20/h2-4,6-7,19,21-22H,5,8-18,27H2,1H3,(H,28,32)/t21-,22?/m1/s1. The predicted octanol–water partition coefficient (Wildman–Crippen LogP) is 1.67. The van der Waals surface area contributed by atoms with Crippen LogP contribution in [0.25, 0.3) is 0 Å². The van der Waals surface area contributed by atoms with E-state index in [-0.39, 0.29) is 37.0 Å². The number of nitrogens with two attached hydrogens (primary N) is 1. The molecule has 10 nitrogen and oxygen atoms in total. The molecule has 2 saturated heterocycles. The van der Waals surface area contributed by atoms with Crippen molar-refractivity contribution in [2.24, 2.45) is 17.6 Å². The van der Waals surface area contributed by atoms with Crippen LogP contribution in [0.2, 0.25) is 0 Å². The third-order valence-electron chi connectivity index (χ3n) is 6.99. The van der Waals surface area contributed by atoms with E-state index in [2.05, 4.69) is 10.1 Å².